The van der Waals surface area contributed by atoms with Crippen LogP contribution in [-0.4, -0.2) is 28.3 Å². The van der Waals surface area contributed by atoms with Crippen LogP contribution in [0.5, 0.6) is 5.75 Å². The topological polar surface area (TPSA) is 52.9 Å². The highest BCUT2D eigenvalue weighted by Gasteiger charge is 2.30. The van der Waals surface area contributed by atoms with E-state index in [1.165, 1.54) is 0 Å². The number of carbonyl (C=O) groups excluding carboxylic acids is 1. The van der Waals surface area contributed by atoms with Gasteiger partial charge >= 0.3 is 0 Å². The standard InChI is InChI=1S/C15H16N2O2/c18-13-7-4-3-6-11(13)10-12-15(19)17-9-5-1-2-8-14(17)16-12/h3-4,6-7,10,18H,1-2,5,8-9H2/b12-10+. The second kappa shape index (κ2) is 4.88. The molecule has 1 amide bonds. The molecule has 3 rings (SSSR count). The summed E-state index contributed by atoms with van der Waals surface area (Å²) in [5, 5.41) is 9.74. The van der Waals surface area contributed by atoms with Gasteiger partial charge in [-0.15, -0.1) is 0 Å². The first-order valence-corrected chi connectivity index (χ1v) is 6.65. The fourth-order valence-electron chi connectivity index (χ4n) is 2.50. The van der Waals surface area contributed by atoms with Crippen molar-refractivity contribution < 1.29 is 9.90 Å². The molecule has 2 aliphatic heterocycles. The lowest BCUT2D eigenvalue weighted by Gasteiger charge is -2.14. The molecule has 0 spiro atoms. The van der Waals surface area contributed by atoms with Crippen LogP contribution in [0.4, 0.5) is 0 Å². The zero-order chi connectivity index (χ0) is 13.2. The predicted octanol–water partition coefficient (Wildman–Crippen LogP) is 2.55. The predicted molar refractivity (Wildman–Crippen MR) is 73.7 cm³/mol. The van der Waals surface area contributed by atoms with Gasteiger partial charge in [-0.2, -0.15) is 0 Å². The van der Waals surface area contributed by atoms with Crippen molar-refractivity contribution in [2.45, 2.75) is 25.7 Å². The first-order valence-electron chi connectivity index (χ1n) is 6.65. The van der Waals surface area contributed by atoms with Gasteiger partial charge in [-0.05, 0) is 25.0 Å². The molecule has 1 fully saturated rings. The highest BCUT2D eigenvalue weighted by atomic mass is 16.3. The maximum Gasteiger partial charge on any atom is 0.277 e. The van der Waals surface area contributed by atoms with Crippen molar-refractivity contribution in [3.05, 3.63) is 35.5 Å². The Morgan fingerprint density at radius 3 is 2.89 bits per heavy atom. The average molecular weight is 256 g/mol. The summed E-state index contributed by atoms with van der Waals surface area (Å²) < 4.78 is 0. The molecule has 0 radical (unpaired) electrons. The first kappa shape index (κ1) is 12.0. The molecule has 1 aromatic carbocycles. The summed E-state index contributed by atoms with van der Waals surface area (Å²) in [5.74, 6) is 1.01. The summed E-state index contributed by atoms with van der Waals surface area (Å²) >= 11 is 0. The highest BCUT2D eigenvalue weighted by molar-refractivity contribution is 6.14. The van der Waals surface area contributed by atoms with Crippen molar-refractivity contribution in [3.63, 3.8) is 0 Å². The highest BCUT2D eigenvalue weighted by Crippen LogP contribution is 2.26. The molecule has 4 heteroatoms. The SMILES string of the molecule is O=C1/C(=C\c2ccccc2O)N=C2CCCCCN12. The molecule has 0 unspecified atom stereocenters. The smallest absolute Gasteiger partial charge is 0.277 e. The zero-order valence-corrected chi connectivity index (χ0v) is 10.7. The monoisotopic (exact) mass is 256 g/mol. The average Bonchev–Trinajstić information content (AvgIpc) is 2.60. The lowest BCUT2D eigenvalue weighted by Crippen LogP contribution is -2.31. The summed E-state index contributed by atoms with van der Waals surface area (Å²) in [6, 6.07) is 6.97. The van der Waals surface area contributed by atoms with E-state index >= 15 is 0 Å². The van der Waals surface area contributed by atoms with Crippen molar-refractivity contribution in [1.82, 2.24) is 4.90 Å². The van der Waals surface area contributed by atoms with Gasteiger partial charge in [0.05, 0.1) is 0 Å². The van der Waals surface area contributed by atoms with Gasteiger partial charge in [-0.3, -0.25) is 9.69 Å². The third-order valence-electron chi connectivity index (χ3n) is 3.54. The number of amides is 1. The third kappa shape index (κ3) is 2.26. The summed E-state index contributed by atoms with van der Waals surface area (Å²) in [6.45, 7) is 0.760. The van der Waals surface area contributed by atoms with Crippen molar-refractivity contribution in [2.75, 3.05) is 6.54 Å². The van der Waals surface area contributed by atoms with Crippen LogP contribution in [0.3, 0.4) is 0 Å². The summed E-state index contributed by atoms with van der Waals surface area (Å²) in [5.41, 5.74) is 1.06. The van der Waals surface area contributed by atoms with Crippen LogP contribution in [0.1, 0.15) is 31.2 Å². The number of phenols is 1. The molecular weight excluding hydrogens is 240 g/mol. The minimum Gasteiger partial charge on any atom is -0.507 e. The Morgan fingerprint density at radius 1 is 1.21 bits per heavy atom. The number of amidine groups is 1. The number of fused-ring (bicyclic) bond motifs is 1. The molecule has 2 aliphatic rings. The van der Waals surface area contributed by atoms with Crippen molar-refractivity contribution >= 4 is 17.8 Å². The maximum atomic E-state index is 12.3. The molecule has 4 nitrogen and oxygen atoms in total. The van der Waals surface area contributed by atoms with Crippen LogP contribution >= 0.6 is 0 Å². The number of aliphatic imine (C=N–C) groups is 1. The van der Waals surface area contributed by atoms with E-state index in [0.717, 1.165) is 38.1 Å². The second-order valence-corrected chi connectivity index (χ2v) is 4.88. The van der Waals surface area contributed by atoms with Crippen LogP contribution in [-0.2, 0) is 4.79 Å². The van der Waals surface area contributed by atoms with Gasteiger partial charge in [0, 0.05) is 18.5 Å². The van der Waals surface area contributed by atoms with Gasteiger partial charge in [0.1, 0.15) is 17.3 Å². The van der Waals surface area contributed by atoms with Gasteiger partial charge < -0.3 is 5.11 Å². The van der Waals surface area contributed by atoms with Crippen molar-refractivity contribution in [1.29, 1.82) is 0 Å². The van der Waals surface area contributed by atoms with E-state index in [2.05, 4.69) is 4.99 Å². The number of benzene rings is 1. The van der Waals surface area contributed by atoms with Crippen molar-refractivity contribution in [2.24, 2.45) is 4.99 Å². The van der Waals surface area contributed by atoms with E-state index in [1.807, 2.05) is 6.07 Å². The Kier molecular flexibility index (Phi) is 3.07. The third-order valence-corrected chi connectivity index (χ3v) is 3.54. The number of aromatic hydroxyl groups is 1. The largest absolute Gasteiger partial charge is 0.507 e. The number of para-hydroxylation sites is 1. The normalized spacial score (nSPS) is 21.3. The second-order valence-electron chi connectivity index (χ2n) is 4.88. The quantitative estimate of drug-likeness (QED) is 0.785. The van der Waals surface area contributed by atoms with Gasteiger partial charge in [0.2, 0.25) is 0 Å². The molecule has 0 atom stereocenters. The Morgan fingerprint density at radius 2 is 2.05 bits per heavy atom. The molecule has 1 aromatic rings. The number of hydrogen-bond acceptors (Lipinski definition) is 3. The minimum absolute atomic E-state index is 0.0415. The molecule has 0 saturated carbocycles. The summed E-state index contributed by atoms with van der Waals surface area (Å²) in [4.78, 5) is 18.5. The van der Waals surface area contributed by atoms with E-state index in [4.69, 9.17) is 0 Å². The van der Waals surface area contributed by atoms with E-state index in [-0.39, 0.29) is 11.7 Å². The zero-order valence-electron chi connectivity index (χ0n) is 10.7. The lowest BCUT2D eigenvalue weighted by atomic mass is 10.1. The molecule has 0 aromatic heterocycles. The molecule has 0 bridgehead atoms. The Balaban J connectivity index is 1.94. The molecule has 1 saturated heterocycles. The van der Waals surface area contributed by atoms with Crippen LogP contribution < -0.4 is 0 Å². The van der Waals surface area contributed by atoms with Crippen molar-refractivity contribution in [3.8, 4) is 5.75 Å². The molecule has 98 valence electrons. The lowest BCUT2D eigenvalue weighted by molar-refractivity contribution is -0.122. The fraction of sp³-hybridized carbons (Fsp3) is 0.333. The Hall–Kier alpha value is -2.10. The number of nitrogens with zero attached hydrogens (tertiary/aromatic N) is 2. The number of carbonyl (C=O) groups is 1. The van der Waals surface area contributed by atoms with Gasteiger partial charge in [-0.25, -0.2) is 4.99 Å². The molecule has 1 N–H and O–H groups in total. The molecular formula is C15H16N2O2. The number of rotatable bonds is 1. The van der Waals surface area contributed by atoms with E-state index in [1.54, 1.807) is 29.2 Å². The van der Waals surface area contributed by atoms with Crippen LogP contribution in [0.15, 0.2) is 35.0 Å². The van der Waals surface area contributed by atoms with Crippen LogP contribution in [0, 0.1) is 0 Å². The first-order chi connectivity index (χ1) is 9.25. The minimum atomic E-state index is -0.0415. The Labute approximate surface area is 112 Å². The van der Waals surface area contributed by atoms with E-state index in [9.17, 15) is 9.90 Å². The molecule has 0 aliphatic carbocycles. The van der Waals surface area contributed by atoms with Gasteiger partial charge in [-0.1, -0.05) is 24.6 Å². The summed E-state index contributed by atoms with van der Waals surface area (Å²) in [6.07, 6.45) is 5.81. The van der Waals surface area contributed by atoms with Gasteiger partial charge in [0.15, 0.2) is 0 Å². The van der Waals surface area contributed by atoms with Gasteiger partial charge in [0.25, 0.3) is 5.91 Å². The maximum absolute atomic E-state index is 12.3. The molecule has 2 heterocycles. The number of hydrogen-bond donors (Lipinski definition) is 1. The van der Waals surface area contributed by atoms with Crippen LogP contribution in [0.25, 0.3) is 6.08 Å². The number of phenolic OH excluding ortho intramolecular Hbond substituents is 1. The van der Waals surface area contributed by atoms with E-state index in [0.29, 0.717) is 11.3 Å². The Bertz CT molecular complexity index is 575. The van der Waals surface area contributed by atoms with Crippen LogP contribution in [0.2, 0.25) is 0 Å². The molecule has 19 heavy (non-hydrogen) atoms. The summed E-state index contributed by atoms with van der Waals surface area (Å²) in [7, 11) is 0. The van der Waals surface area contributed by atoms with E-state index < -0.39 is 0 Å². The fourth-order valence-corrected chi connectivity index (χ4v) is 2.50.